The number of tetrazole rings is 1. The lowest BCUT2D eigenvalue weighted by molar-refractivity contribution is 0.235. The maximum absolute atomic E-state index is 13.1. The van der Waals surface area contributed by atoms with Crippen LogP contribution in [0.5, 0.6) is 17.2 Å². The second kappa shape index (κ2) is 13.0. The highest BCUT2D eigenvalue weighted by Crippen LogP contribution is 2.29. The molecule has 10 heteroatoms. The van der Waals surface area contributed by atoms with Crippen molar-refractivity contribution in [3.8, 4) is 17.2 Å². The number of nitrogens with zero attached hydrogens (tertiary/aromatic N) is 5. The molecule has 0 saturated heterocycles. The molecule has 0 atom stereocenters. The van der Waals surface area contributed by atoms with Gasteiger partial charge in [-0.2, -0.15) is 0 Å². The molecule has 10 nitrogen and oxygen atoms in total. The number of H-pyrrole nitrogens is 1. The lowest BCUT2D eigenvalue weighted by Gasteiger charge is -2.25. The van der Waals surface area contributed by atoms with E-state index < -0.39 is 0 Å². The highest BCUT2D eigenvalue weighted by Gasteiger charge is 2.22. The monoisotopic (exact) mass is 546 g/mol. The van der Waals surface area contributed by atoms with Crippen molar-refractivity contribution in [2.75, 3.05) is 27.4 Å². The summed E-state index contributed by atoms with van der Waals surface area (Å²) in [6, 6.07) is 14.0. The molecule has 1 aliphatic rings. The predicted molar refractivity (Wildman–Crippen MR) is 153 cm³/mol. The van der Waals surface area contributed by atoms with Crippen LogP contribution in [0.25, 0.3) is 10.9 Å². The van der Waals surface area contributed by atoms with Gasteiger partial charge in [0.25, 0.3) is 5.56 Å². The van der Waals surface area contributed by atoms with E-state index >= 15 is 0 Å². The number of hydrogen-bond donors (Lipinski definition) is 1. The third-order valence-corrected chi connectivity index (χ3v) is 7.61. The number of rotatable bonds is 12. The van der Waals surface area contributed by atoms with Crippen LogP contribution in [-0.2, 0) is 19.5 Å². The first-order chi connectivity index (χ1) is 19.6. The molecule has 40 heavy (non-hydrogen) atoms. The van der Waals surface area contributed by atoms with Crippen LogP contribution >= 0.6 is 0 Å². The number of benzene rings is 2. The predicted octanol–water partition coefficient (Wildman–Crippen LogP) is 4.68. The van der Waals surface area contributed by atoms with Gasteiger partial charge in [0.1, 0.15) is 5.75 Å². The fraction of sp³-hybridized carbons (Fsp3) is 0.467. The van der Waals surface area contributed by atoms with E-state index in [1.807, 2.05) is 54.1 Å². The van der Waals surface area contributed by atoms with Crippen molar-refractivity contribution in [1.29, 1.82) is 0 Å². The number of methoxy groups -OCH3 is 2. The van der Waals surface area contributed by atoms with Gasteiger partial charge < -0.3 is 19.2 Å². The van der Waals surface area contributed by atoms with Crippen molar-refractivity contribution in [2.24, 2.45) is 0 Å². The number of aromatic nitrogens is 5. The molecule has 0 spiro atoms. The van der Waals surface area contributed by atoms with Gasteiger partial charge >= 0.3 is 0 Å². The number of ether oxygens (including phenoxy) is 3. The van der Waals surface area contributed by atoms with Crippen LogP contribution in [0.2, 0.25) is 0 Å². The summed E-state index contributed by atoms with van der Waals surface area (Å²) < 4.78 is 18.6. The van der Waals surface area contributed by atoms with E-state index in [9.17, 15) is 4.79 Å². The summed E-state index contributed by atoms with van der Waals surface area (Å²) >= 11 is 0. The Labute approximate surface area is 234 Å². The van der Waals surface area contributed by atoms with Gasteiger partial charge in [-0.25, -0.2) is 4.68 Å². The molecule has 1 N–H and O–H groups in total. The molecule has 1 saturated carbocycles. The third kappa shape index (κ3) is 6.44. The lowest BCUT2D eigenvalue weighted by atomic mass is 9.95. The standard InChI is InChI=1S/C30H38N6O4/c1-4-40-25-11-12-26-22(18-25)17-23(30(37)31-26)19-35(15-14-21-10-13-27(38-2)28(16-21)39-3)20-29-32-33-34-36(29)24-8-6-5-7-9-24/h10-13,16-18,24H,4-9,14-15,19-20H2,1-3H3,(H,31,37). The summed E-state index contributed by atoms with van der Waals surface area (Å²) in [6.07, 6.45) is 6.60. The van der Waals surface area contributed by atoms with Gasteiger partial charge in [-0.05, 0) is 78.6 Å². The minimum atomic E-state index is -0.0975. The first-order valence-electron chi connectivity index (χ1n) is 14.1. The Morgan fingerprint density at radius 3 is 2.60 bits per heavy atom. The second-order valence-electron chi connectivity index (χ2n) is 10.3. The topological polar surface area (TPSA) is 107 Å². The van der Waals surface area contributed by atoms with E-state index in [1.54, 1.807) is 14.2 Å². The summed E-state index contributed by atoms with van der Waals surface area (Å²) in [6.45, 7) is 4.23. The van der Waals surface area contributed by atoms with Gasteiger partial charge in [0.15, 0.2) is 17.3 Å². The van der Waals surface area contributed by atoms with Gasteiger partial charge in [-0.15, -0.1) is 5.10 Å². The maximum Gasteiger partial charge on any atom is 0.252 e. The molecular formula is C30H38N6O4. The largest absolute Gasteiger partial charge is 0.494 e. The summed E-state index contributed by atoms with van der Waals surface area (Å²) in [5.41, 5.74) is 2.49. The van der Waals surface area contributed by atoms with E-state index in [0.29, 0.717) is 49.3 Å². The summed E-state index contributed by atoms with van der Waals surface area (Å²) in [4.78, 5) is 18.4. The highest BCUT2D eigenvalue weighted by atomic mass is 16.5. The van der Waals surface area contributed by atoms with Gasteiger partial charge in [-0.1, -0.05) is 25.3 Å². The van der Waals surface area contributed by atoms with Crippen LogP contribution in [0.4, 0.5) is 0 Å². The van der Waals surface area contributed by atoms with Gasteiger partial charge in [-0.3, -0.25) is 9.69 Å². The van der Waals surface area contributed by atoms with Crippen LogP contribution in [0.15, 0.2) is 47.3 Å². The van der Waals surface area contributed by atoms with Gasteiger partial charge in [0.05, 0.1) is 33.4 Å². The quantitative estimate of drug-likeness (QED) is 0.273. The lowest BCUT2D eigenvalue weighted by Crippen LogP contribution is -2.30. The van der Waals surface area contributed by atoms with Crippen molar-refractivity contribution < 1.29 is 14.2 Å². The van der Waals surface area contributed by atoms with Crippen molar-refractivity contribution >= 4 is 10.9 Å². The van der Waals surface area contributed by atoms with Crippen molar-refractivity contribution in [1.82, 2.24) is 30.1 Å². The van der Waals surface area contributed by atoms with Crippen molar-refractivity contribution in [3.63, 3.8) is 0 Å². The van der Waals surface area contributed by atoms with E-state index in [0.717, 1.165) is 47.3 Å². The third-order valence-electron chi connectivity index (χ3n) is 7.61. The molecule has 4 aromatic rings. The average Bonchev–Trinajstić information content (AvgIpc) is 3.45. The Morgan fingerprint density at radius 2 is 1.82 bits per heavy atom. The summed E-state index contributed by atoms with van der Waals surface area (Å²) in [5, 5.41) is 13.7. The van der Waals surface area contributed by atoms with E-state index in [4.69, 9.17) is 14.2 Å². The normalized spacial score (nSPS) is 14.1. The molecule has 0 bridgehead atoms. The number of aromatic amines is 1. The zero-order valence-electron chi connectivity index (χ0n) is 23.6. The fourth-order valence-electron chi connectivity index (χ4n) is 5.51. The van der Waals surface area contributed by atoms with Gasteiger partial charge in [0, 0.05) is 29.6 Å². The molecule has 0 radical (unpaired) electrons. The number of fused-ring (bicyclic) bond motifs is 1. The first kappa shape index (κ1) is 27.6. The zero-order valence-corrected chi connectivity index (χ0v) is 23.6. The molecule has 0 unspecified atom stereocenters. The van der Waals surface area contributed by atoms with Gasteiger partial charge in [0.2, 0.25) is 0 Å². The minimum Gasteiger partial charge on any atom is -0.494 e. The minimum absolute atomic E-state index is 0.0975. The summed E-state index contributed by atoms with van der Waals surface area (Å²) in [7, 11) is 3.27. The Morgan fingerprint density at radius 1 is 1.00 bits per heavy atom. The maximum atomic E-state index is 13.1. The summed E-state index contributed by atoms with van der Waals surface area (Å²) in [5.74, 6) is 3.01. The van der Waals surface area contributed by atoms with E-state index in [2.05, 4.69) is 25.4 Å². The smallest absolute Gasteiger partial charge is 0.252 e. The van der Waals surface area contributed by atoms with Crippen LogP contribution in [-0.4, -0.2) is 57.5 Å². The molecule has 1 aliphatic carbocycles. The number of nitrogens with one attached hydrogen (secondary N) is 1. The SMILES string of the molecule is CCOc1ccc2[nH]c(=O)c(CN(CCc3ccc(OC)c(OC)c3)Cc3nnnn3C3CCCCC3)cc2c1. The molecule has 5 rings (SSSR count). The molecule has 2 aromatic heterocycles. The average molecular weight is 547 g/mol. The van der Waals surface area contributed by atoms with Crippen LogP contribution in [0.1, 0.15) is 62.0 Å². The Kier molecular flexibility index (Phi) is 8.95. The van der Waals surface area contributed by atoms with Crippen LogP contribution in [0, 0.1) is 0 Å². The Hall–Kier alpha value is -3.92. The molecule has 0 aliphatic heterocycles. The molecular weight excluding hydrogens is 508 g/mol. The van der Waals surface area contributed by atoms with Crippen LogP contribution in [0.3, 0.4) is 0 Å². The highest BCUT2D eigenvalue weighted by molar-refractivity contribution is 5.80. The van der Waals surface area contributed by atoms with E-state index in [1.165, 1.54) is 19.3 Å². The Balaban J connectivity index is 1.42. The molecule has 212 valence electrons. The van der Waals surface area contributed by atoms with Crippen molar-refractivity contribution in [3.05, 3.63) is 69.8 Å². The molecule has 0 amide bonds. The van der Waals surface area contributed by atoms with Crippen LogP contribution < -0.4 is 19.8 Å². The zero-order chi connectivity index (χ0) is 27.9. The fourth-order valence-corrected chi connectivity index (χ4v) is 5.51. The number of hydrogen-bond acceptors (Lipinski definition) is 8. The number of pyridine rings is 1. The molecule has 2 heterocycles. The van der Waals surface area contributed by atoms with E-state index in [-0.39, 0.29) is 5.56 Å². The Bertz CT molecular complexity index is 1480. The second-order valence-corrected chi connectivity index (χ2v) is 10.3. The molecule has 2 aromatic carbocycles. The van der Waals surface area contributed by atoms with Crippen molar-refractivity contribution in [2.45, 2.75) is 64.6 Å². The molecule has 1 fully saturated rings. The first-order valence-corrected chi connectivity index (χ1v) is 14.1.